The van der Waals surface area contributed by atoms with Gasteiger partial charge in [0.25, 0.3) is 11.5 Å². The summed E-state index contributed by atoms with van der Waals surface area (Å²) in [7, 11) is 0. The molecule has 2 heterocycles. The van der Waals surface area contributed by atoms with E-state index < -0.39 is 11.5 Å². The molecule has 0 aromatic carbocycles. The van der Waals surface area contributed by atoms with Crippen molar-refractivity contribution in [1.29, 1.82) is 0 Å². The van der Waals surface area contributed by atoms with Gasteiger partial charge in [-0.3, -0.25) is 19.3 Å². The van der Waals surface area contributed by atoms with Gasteiger partial charge in [0.2, 0.25) is 0 Å². The Balaban J connectivity index is 1.57. The van der Waals surface area contributed by atoms with Crippen LogP contribution in [0.3, 0.4) is 0 Å². The lowest BCUT2D eigenvalue weighted by Crippen LogP contribution is -2.38. The van der Waals surface area contributed by atoms with Gasteiger partial charge >= 0.3 is 0 Å². The molecule has 0 spiro atoms. The number of aromatic nitrogens is 1. The fourth-order valence-electron chi connectivity index (χ4n) is 3.42. The van der Waals surface area contributed by atoms with Gasteiger partial charge in [0, 0.05) is 37.3 Å². The number of H-pyrrole nitrogens is 1. The number of morpholine rings is 1. The van der Waals surface area contributed by atoms with E-state index in [0.29, 0.717) is 30.6 Å². The second-order valence-electron chi connectivity index (χ2n) is 6.90. The third-order valence-electron chi connectivity index (χ3n) is 4.79. The van der Waals surface area contributed by atoms with Crippen LogP contribution in [0.1, 0.15) is 46.2 Å². The average molecular weight is 347 g/mol. The van der Waals surface area contributed by atoms with Crippen LogP contribution in [-0.4, -0.2) is 61.0 Å². The van der Waals surface area contributed by atoms with Crippen molar-refractivity contribution in [3.05, 3.63) is 33.2 Å². The standard InChI is InChI=1S/C18H25N3O4/c1-12-9-15-13(16(22)10-12)11-14(18(24)20-15)17(23)19-3-2-4-21-5-7-25-8-6-21/h11-12H,2-10H2,1H3,(H,19,23)(H,20,24). The zero-order valence-corrected chi connectivity index (χ0v) is 14.6. The maximum Gasteiger partial charge on any atom is 0.261 e. The van der Waals surface area contributed by atoms with E-state index in [2.05, 4.69) is 15.2 Å². The summed E-state index contributed by atoms with van der Waals surface area (Å²) >= 11 is 0. The fraction of sp³-hybridized carbons (Fsp3) is 0.611. The second-order valence-corrected chi connectivity index (χ2v) is 6.90. The Hall–Kier alpha value is -1.99. The van der Waals surface area contributed by atoms with Crippen LogP contribution in [0, 0.1) is 5.92 Å². The largest absolute Gasteiger partial charge is 0.379 e. The van der Waals surface area contributed by atoms with Crippen molar-refractivity contribution in [3.63, 3.8) is 0 Å². The Morgan fingerprint density at radius 1 is 1.32 bits per heavy atom. The number of Topliss-reactive ketones (excluding diaryl/α,β-unsaturated/α-hetero) is 1. The summed E-state index contributed by atoms with van der Waals surface area (Å²) in [5, 5.41) is 2.78. The van der Waals surface area contributed by atoms with Crippen molar-refractivity contribution in [1.82, 2.24) is 15.2 Å². The molecule has 1 fully saturated rings. The molecular formula is C18H25N3O4. The summed E-state index contributed by atoms with van der Waals surface area (Å²) in [5.74, 6) is -0.209. The summed E-state index contributed by atoms with van der Waals surface area (Å²) in [4.78, 5) is 41.6. The fourth-order valence-corrected chi connectivity index (χ4v) is 3.42. The van der Waals surface area contributed by atoms with E-state index in [1.165, 1.54) is 6.07 Å². The van der Waals surface area contributed by atoms with Crippen molar-refractivity contribution in [3.8, 4) is 0 Å². The van der Waals surface area contributed by atoms with Gasteiger partial charge in [-0.15, -0.1) is 0 Å². The molecule has 7 heteroatoms. The molecule has 1 amide bonds. The molecule has 1 aliphatic heterocycles. The van der Waals surface area contributed by atoms with E-state index in [1.807, 2.05) is 6.92 Å². The van der Waals surface area contributed by atoms with Crippen LogP contribution >= 0.6 is 0 Å². The Morgan fingerprint density at radius 2 is 2.08 bits per heavy atom. The van der Waals surface area contributed by atoms with Crippen molar-refractivity contribution in [2.75, 3.05) is 39.4 Å². The van der Waals surface area contributed by atoms with Gasteiger partial charge in [-0.05, 0) is 31.4 Å². The van der Waals surface area contributed by atoms with Crippen LogP contribution in [-0.2, 0) is 11.2 Å². The first kappa shape index (κ1) is 17.8. The number of carbonyl (C=O) groups is 2. The van der Waals surface area contributed by atoms with Gasteiger partial charge in [-0.25, -0.2) is 0 Å². The number of rotatable bonds is 5. The third kappa shape index (κ3) is 4.35. The lowest BCUT2D eigenvalue weighted by molar-refractivity contribution is 0.0374. The molecule has 136 valence electrons. The van der Waals surface area contributed by atoms with Crippen LogP contribution in [0.4, 0.5) is 0 Å². The van der Waals surface area contributed by atoms with Crippen molar-refractivity contribution >= 4 is 11.7 Å². The van der Waals surface area contributed by atoms with E-state index in [0.717, 1.165) is 39.3 Å². The molecule has 2 N–H and O–H groups in total. The molecule has 7 nitrogen and oxygen atoms in total. The topological polar surface area (TPSA) is 91.5 Å². The second kappa shape index (κ2) is 7.93. The highest BCUT2D eigenvalue weighted by atomic mass is 16.5. The molecule has 1 unspecified atom stereocenters. The predicted octanol–water partition coefficient (Wildman–Crippen LogP) is 0.592. The minimum atomic E-state index is -0.425. The van der Waals surface area contributed by atoms with Crippen molar-refractivity contribution in [2.45, 2.75) is 26.2 Å². The normalized spacial score (nSPS) is 21.0. The highest BCUT2D eigenvalue weighted by Gasteiger charge is 2.25. The highest BCUT2D eigenvalue weighted by Crippen LogP contribution is 2.23. The van der Waals surface area contributed by atoms with Crippen molar-refractivity contribution < 1.29 is 14.3 Å². The molecule has 1 saturated heterocycles. The quantitative estimate of drug-likeness (QED) is 0.761. The number of nitrogens with zero attached hydrogens (tertiary/aromatic N) is 1. The minimum absolute atomic E-state index is 0.00799. The zero-order chi connectivity index (χ0) is 17.8. The first-order chi connectivity index (χ1) is 12.0. The molecular weight excluding hydrogens is 322 g/mol. The molecule has 1 aromatic heterocycles. The lowest BCUT2D eigenvalue weighted by atomic mass is 9.86. The van der Waals surface area contributed by atoms with Crippen LogP contribution in [0.2, 0.25) is 0 Å². The number of ether oxygens (including phenoxy) is 1. The summed E-state index contributed by atoms with van der Waals surface area (Å²) in [6, 6.07) is 1.46. The maximum absolute atomic E-state index is 12.3. The van der Waals surface area contributed by atoms with Gasteiger partial charge in [-0.2, -0.15) is 0 Å². The highest BCUT2D eigenvalue weighted by molar-refractivity contribution is 6.01. The van der Waals surface area contributed by atoms with Gasteiger partial charge in [0.05, 0.1) is 13.2 Å². The summed E-state index contributed by atoms with van der Waals surface area (Å²) < 4.78 is 5.30. The van der Waals surface area contributed by atoms with Crippen LogP contribution in [0.15, 0.2) is 10.9 Å². The maximum atomic E-state index is 12.3. The average Bonchev–Trinajstić information content (AvgIpc) is 2.58. The van der Waals surface area contributed by atoms with Gasteiger partial charge in [0.1, 0.15) is 5.56 Å². The molecule has 0 radical (unpaired) electrons. The Kier molecular flexibility index (Phi) is 5.65. The van der Waals surface area contributed by atoms with Gasteiger partial charge in [0.15, 0.2) is 5.78 Å². The molecule has 0 bridgehead atoms. The predicted molar refractivity (Wildman–Crippen MR) is 93.1 cm³/mol. The number of pyridine rings is 1. The number of amides is 1. The SMILES string of the molecule is CC1CC(=O)c2cc(C(=O)NCCCN3CCOCC3)c(=O)[nH]c2C1. The van der Waals surface area contributed by atoms with E-state index >= 15 is 0 Å². The number of hydrogen-bond donors (Lipinski definition) is 2. The number of aromatic amines is 1. The summed E-state index contributed by atoms with van der Waals surface area (Å²) in [5.41, 5.74) is 0.730. The minimum Gasteiger partial charge on any atom is -0.379 e. The van der Waals surface area contributed by atoms with Gasteiger partial charge in [-0.1, -0.05) is 6.92 Å². The first-order valence-electron chi connectivity index (χ1n) is 8.92. The third-order valence-corrected chi connectivity index (χ3v) is 4.79. The number of carbonyl (C=O) groups excluding carboxylic acids is 2. The summed E-state index contributed by atoms with van der Waals surface area (Å²) in [6.07, 6.45) is 1.93. The molecule has 3 rings (SSSR count). The lowest BCUT2D eigenvalue weighted by Gasteiger charge is -2.26. The van der Waals surface area contributed by atoms with E-state index in [9.17, 15) is 14.4 Å². The number of nitrogens with one attached hydrogen (secondary N) is 2. The van der Waals surface area contributed by atoms with Crippen LogP contribution < -0.4 is 10.9 Å². The number of fused-ring (bicyclic) bond motifs is 1. The van der Waals surface area contributed by atoms with Crippen LogP contribution in [0.5, 0.6) is 0 Å². The molecule has 1 aromatic rings. The summed E-state index contributed by atoms with van der Waals surface area (Å²) in [6.45, 7) is 6.71. The Morgan fingerprint density at radius 3 is 2.84 bits per heavy atom. The molecule has 25 heavy (non-hydrogen) atoms. The van der Waals surface area contributed by atoms with Crippen LogP contribution in [0.25, 0.3) is 0 Å². The first-order valence-corrected chi connectivity index (χ1v) is 8.92. The van der Waals surface area contributed by atoms with E-state index in [4.69, 9.17) is 4.74 Å². The van der Waals surface area contributed by atoms with Gasteiger partial charge < -0.3 is 15.0 Å². The number of hydrogen-bond acceptors (Lipinski definition) is 5. The zero-order valence-electron chi connectivity index (χ0n) is 14.6. The Labute approximate surface area is 146 Å². The van der Waals surface area contributed by atoms with Crippen molar-refractivity contribution in [2.24, 2.45) is 5.92 Å². The Bertz CT molecular complexity index is 707. The smallest absolute Gasteiger partial charge is 0.261 e. The van der Waals surface area contributed by atoms with E-state index in [-0.39, 0.29) is 17.3 Å². The van der Waals surface area contributed by atoms with E-state index in [1.54, 1.807) is 0 Å². The monoisotopic (exact) mass is 347 g/mol. The molecule has 1 atom stereocenters. The molecule has 0 saturated carbocycles. The number of ketones is 1. The molecule has 1 aliphatic carbocycles. The molecule has 2 aliphatic rings.